The summed E-state index contributed by atoms with van der Waals surface area (Å²) in [6, 6.07) is 23.3. The number of rotatable bonds is 18. The predicted octanol–water partition coefficient (Wildman–Crippen LogP) is 10.3. The van der Waals surface area contributed by atoms with Crippen molar-refractivity contribution in [2.24, 2.45) is 0 Å². The lowest BCUT2D eigenvalue weighted by Gasteiger charge is -2.36. The largest absolute Gasteiger partial charge is 0.497 e. The first-order valence-corrected chi connectivity index (χ1v) is 23.9. The van der Waals surface area contributed by atoms with Gasteiger partial charge in [0.15, 0.2) is 5.13 Å². The zero-order valence-corrected chi connectivity index (χ0v) is 40.1. The Hall–Kier alpha value is -6.89. The lowest BCUT2D eigenvalue weighted by atomic mass is 9.92. The van der Waals surface area contributed by atoms with E-state index in [1.165, 1.54) is 48.5 Å². The minimum Gasteiger partial charge on any atom is -0.497 e. The van der Waals surface area contributed by atoms with E-state index < -0.39 is 93.1 Å². The van der Waals surface area contributed by atoms with Crippen molar-refractivity contribution in [1.82, 2.24) is 4.98 Å². The molecule has 0 fully saturated rings. The van der Waals surface area contributed by atoms with Gasteiger partial charge in [-0.05, 0) is 53.6 Å². The number of carbonyl (C=O) groups is 2. The van der Waals surface area contributed by atoms with Gasteiger partial charge in [0, 0.05) is 55.1 Å². The Morgan fingerprint density at radius 2 is 1.33 bits per heavy atom. The Balaban J connectivity index is 1.30. The quantitative estimate of drug-likeness (QED) is 0.0597. The van der Waals surface area contributed by atoms with E-state index in [1.807, 2.05) is 0 Å². The number of aromatic nitrogens is 1. The number of halogens is 9. The summed E-state index contributed by atoms with van der Waals surface area (Å²) >= 11 is 1.04. The van der Waals surface area contributed by atoms with Crippen LogP contribution < -0.4 is 18.7 Å². The number of esters is 2. The number of alkyl halides is 9. The van der Waals surface area contributed by atoms with Gasteiger partial charge < -0.3 is 33.3 Å². The highest BCUT2D eigenvalue weighted by Gasteiger charge is 2.65. The molecule has 388 valence electrons. The fourth-order valence-electron chi connectivity index (χ4n) is 8.08. The molecule has 1 aliphatic rings. The lowest BCUT2D eigenvalue weighted by Crippen LogP contribution is -2.54. The third-order valence-corrected chi connectivity index (χ3v) is 14.3. The van der Waals surface area contributed by atoms with E-state index in [4.69, 9.17) is 28.4 Å². The van der Waals surface area contributed by atoms with Crippen LogP contribution in [0.2, 0.25) is 0 Å². The number of nitrogens with zero attached hydrogens (tertiary/aromatic N) is 3. The Bertz CT molecular complexity index is 2990. The Morgan fingerprint density at radius 3 is 1.86 bits per heavy atom. The molecule has 0 aliphatic carbocycles. The van der Waals surface area contributed by atoms with Gasteiger partial charge in [-0.25, -0.2) is 27.3 Å². The van der Waals surface area contributed by atoms with Crippen LogP contribution in [0.4, 0.5) is 56.0 Å². The molecule has 0 bridgehead atoms. The summed E-state index contributed by atoms with van der Waals surface area (Å²) in [5.74, 6) is -3.94. The molecule has 0 spiro atoms. The summed E-state index contributed by atoms with van der Waals surface area (Å²) in [4.78, 5) is 33.1. The molecule has 6 aromatic rings. The number of thiazole rings is 1. The van der Waals surface area contributed by atoms with E-state index >= 15 is 13.2 Å². The van der Waals surface area contributed by atoms with Crippen LogP contribution in [-0.4, -0.2) is 84.9 Å². The molecule has 3 atom stereocenters. The van der Waals surface area contributed by atoms with Gasteiger partial charge in [0.25, 0.3) is 21.2 Å². The maximum absolute atomic E-state index is 15.2. The molecule has 1 aromatic heterocycles. The summed E-state index contributed by atoms with van der Waals surface area (Å²) in [7, 11) is -1.90. The molecule has 0 radical (unpaired) electrons. The highest BCUT2D eigenvalue weighted by molar-refractivity contribution is 7.93. The average molecular weight is 1070 g/mol. The summed E-state index contributed by atoms with van der Waals surface area (Å²) in [6.45, 7) is -2.01. The monoisotopic (exact) mass is 1070 g/mol. The van der Waals surface area contributed by atoms with Crippen LogP contribution in [0, 0.1) is 0 Å². The fraction of sp³-hybridized carbons (Fsp3) is 0.286. The fourth-order valence-corrected chi connectivity index (χ4v) is 10.4. The summed E-state index contributed by atoms with van der Waals surface area (Å²) in [5, 5.41) is 1.68. The number of methoxy groups -OCH3 is 3. The number of fused-ring (bicyclic) bond motifs is 1. The van der Waals surface area contributed by atoms with Crippen LogP contribution in [0.3, 0.4) is 0 Å². The van der Waals surface area contributed by atoms with Crippen molar-refractivity contribution in [1.29, 1.82) is 0 Å². The molecule has 0 saturated carbocycles. The van der Waals surface area contributed by atoms with Gasteiger partial charge in [-0.1, -0.05) is 72.8 Å². The van der Waals surface area contributed by atoms with Gasteiger partial charge in [-0.3, -0.25) is 0 Å². The van der Waals surface area contributed by atoms with Crippen molar-refractivity contribution in [3.05, 3.63) is 161 Å². The van der Waals surface area contributed by atoms with Gasteiger partial charge in [0.2, 0.25) is 0 Å². The summed E-state index contributed by atoms with van der Waals surface area (Å²) in [5.41, 5.74) is -10.6. The van der Waals surface area contributed by atoms with Crippen molar-refractivity contribution in [3.8, 4) is 11.5 Å². The molecule has 1 aliphatic heterocycles. The molecule has 5 aromatic carbocycles. The van der Waals surface area contributed by atoms with Crippen LogP contribution in [0.25, 0.3) is 0 Å². The second-order valence-corrected chi connectivity index (χ2v) is 18.7. The zero-order valence-electron chi connectivity index (χ0n) is 38.5. The maximum atomic E-state index is 15.2. The number of carbonyl (C=O) groups excluding carboxylic acids is 2. The van der Waals surface area contributed by atoms with Crippen molar-refractivity contribution >= 4 is 49.8 Å². The number of hydrogen-bond acceptors (Lipinski definition) is 13. The normalized spacial score (nSPS) is 15.2. The van der Waals surface area contributed by atoms with Gasteiger partial charge in [-0.15, -0.1) is 11.3 Å². The van der Waals surface area contributed by atoms with Crippen molar-refractivity contribution in [3.63, 3.8) is 0 Å². The van der Waals surface area contributed by atoms with Gasteiger partial charge in [0.05, 0.1) is 36.3 Å². The number of ether oxygens (including phenoxy) is 6. The molecule has 0 amide bonds. The molecule has 73 heavy (non-hydrogen) atoms. The van der Waals surface area contributed by atoms with Gasteiger partial charge >= 0.3 is 30.5 Å². The first kappa shape index (κ1) is 53.9. The van der Waals surface area contributed by atoms with E-state index in [0.717, 1.165) is 70.2 Å². The Labute approximate surface area is 415 Å². The molecule has 0 N–H and O–H groups in total. The van der Waals surface area contributed by atoms with E-state index in [0.29, 0.717) is 37.7 Å². The van der Waals surface area contributed by atoms with Crippen LogP contribution in [0.1, 0.15) is 27.8 Å². The molecule has 24 heteroatoms. The molecular weight excluding hydrogens is 1030 g/mol. The van der Waals surface area contributed by atoms with Crippen molar-refractivity contribution in [2.75, 3.05) is 50.3 Å². The van der Waals surface area contributed by atoms with Crippen LogP contribution in [0.5, 0.6) is 11.5 Å². The summed E-state index contributed by atoms with van der Waals surface area (Å²) < 4.78 is 195. The SMILES string of the molecule is COc1ccc(CN(c2nccs2)S(=O)(=O)c2ccc3c(c2)OCCN3c2ccc(C(F)(F)F)cc2CC(COC(=O)[C@@](OC)(c2ccccc2)C(F)(F)F)OC(=O)[C@@](OC)(c2ccccc2)C(F)(F)F)cc1. The van der Waals surface area contributed by atoms with Crippen molar-refractivity contribution < 1.29 is 85.9 Å². The average Bonchev–Trinajstić information content (AvgIpc) is 3.90. The highest BCUT2D eigenvalue weighted by Crippen LogP contribution is 2.47. The van der Waals surface area contributed by atoms with Crippen LogP contribution in [0.15, 0.2) is 138 Å². The predicted molar refractivity (Wildman–Crippen MR) is 246 cm³/mol. The number of anilines is 3. The van der Waals surface area contributed by atoms with E-state index in [1.54, 1.807) is 29.6 Å². The number of sulfonamides is 1. The highest BCUT2D eigenvalue weighted by atomic mass is 32.2. The first-order valence-electron chi connectivity index (χ1n) is 21.5. The maximum Gasteiger partial charge on any atom is 0.432 e. The third-order valence-electron chi connectivity index (χ3n) is 11.7. The van der Waals surface area contributed by atoms with Crippen molar-refractivity contribution in [2.45, 2.75) is 53.7 Å². The third kappa shape index (κ3) is 10.8. The molecule has 13 nitrogen and oxygen atoms in total. The topological polar surface area (TPSA) is 143 Å². The minimum absolute atomic E-state index is 0.0829. The molecule has 2 heterocycles. The Morgan fingerprint density at radius 1 is 0.740 bits per heavy atom. The second-order valence-electron chi connectivity index (χ2n) is 16.0. The first-order chi connectivity index (χ1) is 34.5. The number of benzene rings is 5. The smallest absolute Gasteiger partial charge is 0.432 e. The number of hydrogen-bond donors (Lipinski definition) is 0. The van der Waals surface area contributed by atoms with E-state index in [9.17, 15) is 44.3 Å². The van der Waals surface area contributed by atoms with Gasteiger partial charge in [-0.2, -0.15) is 39.5 Å². The van der Waals surface area contributed by atoms with Crippen LogP contribution in [-0.2, 0) is 68.9 Å². The zero-order chi connectivity index (χ0) is 53.0. The Kier molecular flexibility index (Phi) is 15.7. The molecule has 7 rings (SSSR count). The van der Waals surface area contributed by atoms with E-state index in [-0.39, 0.29) is 46.8 Å². The molecular formula is C49H42F9N3O10S2. The molecule has 1 unspecified atom stereocenters. The van der Waals surface area contributed by atoms with Crippen LogP contribution >= 0.6 is 11.3 Å². The lowest BCUT2D eigenvalue weighted by molar-refractivity contribution is -0.282. The minimum atomic E-state index is -5.60. The second kappa shape index (κ2) is 21.3. The standard InChI is InChI=1S/C49H42F9N3O10S2/c1-66-36-17-14-31(15-18-36)29-61(44-59-22-25-72-44)73(64,65)38-19-21-40-41(28-38)69-24-23-60(40)39-20-16-35(47(50,51)52)26-32(39)27-37(71-43(63)46(68-3,49(56,57)58)34-12-8-5-9-13-34)30-70-42(62)45(67-2,48(53,54)55)33-10-6-4-7-11-33/h4-22,25-26,28,37H,23-24,27,29-30H2,1-3H3/t37?,45-,46-/m0/s1. The summed E-state index contributed by atoms with van der Waals surface area (Å²) in [6.07, 6.45) is -18.1. The molecule has 0 saturated heterocycles. The van der Waals surface area contributed by atoms with Gasteiger partial charge in [0.1, 0.15) is 30.8 Å². The van der Waals surface area contributed by atoms with E-state index in [2.05, 4.69) is 4.98 Å².